The lowest BCUT2D eigenvalue weighted by Crippen LogP contribution is -2.51. The fraction of sp³-hybridized carbons (Fsp3) is 0.500. The molecule has 0 radical (unpaired) electrons. The average molecular weight is 268 g/mol. The van der Waals surface area contributed by atoms with E-state index in [0.29, 0.717) is 23.7 Å². The van der Waals surface area contributed by atoms with Gasteiger partial charge in [0.05, 0.1) is 11.8 Å². The number of nitrogens with one attached hydrogen (secondary N) is 1. The lowest BCUT2D eigenvalue weighted by atomic mass is 10.1. The van der Waals surface area contributed by atoms with Crippen LogP contribution in [0.25, 0.3) is 0 Å². The second-order valence-electron chi connectivity index (χ2n) is 4.92. The summed E-state index contributed by atoms with van der Waals surface area (Å²) in [5.41, 5.74) is 0.677. The van der Waals surface area contributed by atoms with Gasteiger partial charge in [0.1, 0.15) is 4.90 Å². The molecule has 2 fully saturated rings. The van der Waals surface area contributed by atoms with Crippen molar-refractivity contribution in [2.45, 2.75) is 29.9 Å². The summed E-state index contributed by atoms with van der Waals surface area (Å²) in [5, 5.41) is 9.32. The molecular weight excluding hydrogens is 252 g/mol. The van der Waals surface area contributed by atoms with Crippen molar-refractivity contribution in [3.8, 4) is 0 Å². The maximum Gasteiger partial charge on any atom is 0.242 e. The molecule has 18 heavy (non-hydrogen) atoms. The number of β-amino-alcohol motifs (C(OH)–C–C–N with tert-alkyl or cyclic N) is 1. The number of aliphatic hydroxyl groups is 1. The molecule has 1 aromatic carbocycles. The summed E-state index contributed by atoms with van der Waals surface area (Å²) in [6, 6.07) is 7.04. The Morgan fingerprint density at radius 2 is 1.89 bits per heavy atom. The first-order chi connectivity index (χ1) is 8.56. The lowest BCUT2D eigenvalue weighted by molar-refractivity contribution is 0.141. The zero-order valence-corrected chi connectivity index (χ0v) is 10.7. The van der Waals surface area contributed by atoms with E-state index in [9.17, 15) is 13.5 Å². The molecule has 1 saturated carbocycles. The van der Waals surface area contributed by atoms with Crippen LogP contribution in [0.4, 0.5) is 5.69 Å². The van der Waals surface area contributed by atoms with Gasteiger partial charge in [-0.2, -0.15) is 0 Å². The molecule has 0 bridgehead atoms. The number of nitrogens with zero attached hydrogens (tertiary/aromatic N) is 1. The fourth-order valence-corrected chi connectivity index (χ4v) is 3.61. The number of benzene rings is 1. The van der Waals surface area contributed by atoms with Gasteiger partial charge in [-0.25, -0.2) is 13.1 Å². The first-order valence-electron chi connectivity index (χ1n) is 6.10. The molecule has 0 spiro atoms. The molecule has 6 heteroatoms. The summed E-state index contributed by atoms with van der Waals surface area (Å²) >= 11 is 0. The molecule has 0 amide bonds. The summed E-state index contributed by atoms with van der Waals surface area (Å²) in [7, 11) is -3.44. The zero-order valence-electron chi connectivity index (χ0n) is 9.91. The van der Waals surface area contributed by atoms with Crippen LogP contribution in [0.15, 0.2) is 29.2 Å². The number of hydrogen-bond acceptors (Lipinski definition) is 4. The third-order valence-corrected chi connectivity index (χ3v) is 4.82. The number of sulfonamides is 1. The maximum atomic E-state index is 12.2. The molecule has 5 nitrogen and oxygen atoms in total. The third-order valence-electron chi connectivity index (χ3n) is 3.26. The van der Waals surface area contributed by atoms with Gasteiger partial charge in [0.2, 0.25) is 10.0 Å². The first-order valence-corrected chi connectivity index (χ1v) is 7.59. The Morgan fingerprint density at radius 1 is 1.22 bits per heavy atom. The van der Waals surface area contributed by atoms with E-state index in [-0.39, 0.29) is 12.1 Å². The predicted molar refractivity (Wildman–Crippen MR) is 68.0 cm³/mol. The molecule has 1 aliphatic carbocycles. The molecule has 0 aromatic heterocycles. The highest BCUT2D eigenvalue weighted by molar-refractivity contribution is 7.89. The normalized spacial score (nSPS) is 20.8. The number of anilines is 1. The standard InChI is InChI=1S/C12H16N2O3S/c15-10-7-14(8-10)11-3-1-2-4-12(11)18(16,17)13-9-5-6-9/h1-4,9-10,13,15H,5-8H2. The van der Waals surface area contributed by atoms with Crippen molar-refractivity contribution < 1.29 is 13.5 Å². The van der Waals surface area contributed by atoms with Crippen molar-refractivity contribution in [1.29, 1.82) is 0 Å². The molecule has 1 heterocycles. The molecule has 1 aromatic rings. The van der Waals surface area contributed by atoms with Crippen molar-refractivity contribution in [3.63, 3.8) is 0 Å². The number of hydrogen-bond donors (Lipinski definition) is 2. The Bertz CT molecular complexity index is 548. The van der Waals surface area contributed by atoms with Crippen LogP contribution in [0.1, 0.15) is 12.8 Å². The SMILES string of the molecule is O=S(=O)(NC1CC1)c1ccccc1N1CC(O)C1. The maximum absolute atomic E-state index is 12.2. The van der Waals surface area contributed by atoms with E-state index >= 15 is 0 Å². The molecule has 0 atom stereocenters. The summed E-state index contributed by atoms with van der Waals surface area (Å²) in [6.07, 6.45) is 1.49. The van der Waals surface area contributed by atoms with Crippen LogP contribution in [-0.2, 0) is 10.0 Å². The van der Waals surface area contributed by atoms with Gasteiger partial charge in [0.15, 0.2) is 0 Å². The lowest BCUT2D eigenvalue weighted by Gasteiger charge is -2.38. The molecule has 1 aliphatic heterocycles. The van der Waals surface area contributed by atoms with Crippen LogP contribution in [0.5, 0.6) is 0 Å². The fourth-order valence-electron chi connectivity index (χ4n) is 2.08. The number of aliphatic hydroxyl groups excluding tert-OH is 1. The Hall–Kier alpha value is -1.11. The second kappa shape index (κ2) is 4.22. The second-order valence-corrected chi connectivity index (χ2v) is 6.60. The van der Waals surface area contributed by atoms with Crippen LogP contribution in [0.2, 0.25) is 0 Å². The minimum absolute atomic E-state index is 0.102. The molecule has 2 aliphatic rings. The van der Waals surface area contributed by atoms with Gasteiger partial charge in [-0.1, -0.05) is 12.1 Å². The van der Waals surface area contributed by atoms with Gasteiger partial charge in [0.25, 0.3) is 0 Å². The highest BCUT2D eigenvalue weighted by Gasteiger charge is 2.32. The minimum atomic E-state index is -3.44. The Labute approximate surface area is 106 Å². The molecule has 98 valence electrons. The first kappa shape index (κ1) is 12.0. The van der Waals surface area contributed by atoms with Gasteiger partial charge < -0.3 is 10.0 Å². The van der Waals surface area contributed by atoms with Crippen molar-refractivity contribution in [2.75, 3.05) is 18.0 Å². The summed E-state index contributed by atoms with van der Waals surface area (Å²) in [5.74, 6) is 0. The van der Waals surface area contributed by atoms with Gasteiger partial charge >= 0.3 is 0 Å². The molecular formula is C12H16N2O3S. The number of para-hydroxylation sites is 1. The highest BCUT2D eigenvalue weighted by atomic mass is 32.2. The largest absolute Gasteiger partial charge is 0.389 e. The quantitative estimate of drug-likeness (QED) is 0.824. The van der Waals surface area contributed by atoms with E-state index in [1.807, 2.05) is 11.0 Å². The van der Waals surface area contributed by atoms with Crippen LogP contribution in [0, 0.1) is 0 Å². The van der Waals surface area contributed by atoms with Gasteiger partial charge in [-0.05, 0) is 25.0 Å². The van der Waals surface area contributed by atoms with Crippen molar-refractivity contribution >= 4 is 15.7 Å². The van der Waals surface area contributed by atoms with E-state index in [4.69, 9.17) is 0 Å². The molecule has 2 N–H and O–H groups in total. The van der Waals surface area contributed by atoms with Gasteiger partial charge in [-0.15, -0.1) is 0 Å². The Balaban J connectivity index is 1.90. The van der Waals surface area contributed by atoms with E-state index in [1.165, 1.54) is 0 Å². The molecule has 1 saturated heterocycles. The van der Waals surface area contributed by atoms with Crippen LogP contribution in [-0.4, -0.2) is 38.8 Å². The summed E-state index contributed by atoms with van der Waals surface area (Å²) in [6.45, 7) is 0.992. The van der Waals surface area contributed by atoms with E-state index < -0.39 is 10.0 Å². The van der Waals surface area contributed by atoms with Crippen LogP contribution < -0.4 is 9.62 Å². The van der Waals surface area contributed by atoms with Gasteiger partial charge in [0, 0.05) is 19.1 Å². The summed E-state index contributed by atoms with van der Waals surface area (Å²) in [4.78, 5) is 2.19. The van der Waals surface area contributed by atoms with Gasteiger partial charge in [-0.3, -0.25) is 0 Å². The van der Waals surface area contributed by atoms with E-state index in [1.54, 1.807) is 18.2 Å². The number of rotatable bonds is 4. The average Bonchev–Trinajstić information content (AvgIpc) is 3.08. The third kappa shape index (κ3) is 2.23. The van der Waals surface area contributed by atoms with Crippen LogP contribution in [0.3, 0.4) is 0 Å². The minimum Gasteiger partial charge on any atom is -0.389 e. The Morgan fingerprint density at radius 3 is 2.50 bits per heavy atom. The molecule has 0 unspecified atom stereocenters. The van der Waals surface area contributed by atoms with E-state index in [0.717, 1.165) is 12.8 Å². The molecule has 3 rings (SSSR count). The summed E-state index contributed by atoms with van der Waals surface area (Å²) < 4.78 is 27.1. The van der Waals surface area contributed by atoms with Crippen molar-refractivity contribution in [3.05, 3.63) is 24.3 Å². The Kier molecular flexibility index (Phi) is 2.80. The van der Waals surface area contributed by atoms with Crippen molar-refractivity contribution in [2.24, 2.45) is 0 Å². The zero-order chi connectivity index (χ0) is 12.8. The predicted octanol–water partition coefficient (Wildman–Crippen LogP) is 0.308. The topological polar surface area (TPSA) is 69.6 Å². The smallest absolute Gasteiger partial charge is 0.242 e. The monoisotopic (exact) mass is 268 g/mol. The highest BCUT2D eigenvalue weighted by Crippen LogP contribution is 2.30. The van der Waals surface area contributed by atoms with E-state index in [2.05, 4.69) is 4.72 Å². The van der Waals surface area contributed by atoms with Crippen molar-refractivity contribution in [1.82, 2.24) is 4.72 Å². The van der Waals surface area contributed by atoms with Crippen LogP contribution >= 0.6 is 0 Å².